The maximum absolute atomic E-state index is 12.6. The molecule has 4 rings (SSSR count). The second kappa shape index (κ2) is 9.39. The molecule has 1 heterocycles. The lowest BCUT2D eigenvalue weighted by Crippen LogP contribution is -2.13. The molecule has 0 unspecified atom stereocenters. The number of aliphatic carboxylic acids is 1. The molecule has 0 radical (unpaired) electrons. The van der Waals surface area contributed by atoms with Gasteiger partial charge in [-0.25, -0.2) is 9.89 Å². The lowest BCUT2D eigenvalue weighted by Gasteiger charge is -2.13. The second-order valence-electron chi connectivity index (χ2n) is 6.53. The minimum absolute atomic E-state index is 0.348. The number of aromatic nitrogens is 4. The van der Waals surface area contributed by atoms with Crippen LogP contribution in [0.1, 0.15) is 10.4 Å². The van der Waals surface area contributed by atoms with Gasteiger partial charge in [0.25, 0.3) is 5.91 Å². The Morgan fingerprint density at radius 2 is 1.66 bits per heavy atom. The van der Waals surface area contributed by atoms with E-state index < -0.39 is 12.6 Å². The molecule has 4 aromatic rings. The van der Waals surface area contributed by atoms with Gasteiger partial charge in [0, 0.05) is 11.1 Å². The molecule has 32 heavy (non-hydrogen) atoms. The molecule has 0 saturated carbocycles. The number of ether oxygens (including phenoxy) is 2. The van der Waals surface area contributed by atoms with Crippen LogP contribution in [-0.2, 0) is 4.79 Å². The van der Waals surface area contributed by atoms with Crippen molar-refractivity contribution in [2.45, 2.75) is 0 Å². The van der Waals surface area contributed by atoms with E-state index in [9.17, 15) is 9.59 Å². The summed E-state index contributed by atoms with van der Waals surface area (Å²) < 4.78 is 11.0. The maximum Gasteiger partial charge on any atom is 0.341 e. The molecule has 160 valence electrons. The van der Waals surface area contributed by atoms with Crippen LogP contribution in [0, 0.1) is 0 Å². The van der Waals surface area contributed by atoms with Crippen molar-refractivity contribution in [3.05, 3.63) is 78.4 Å². The molecule has 3 N–H and O–H groups in total. The highest BCUT2D eigenvalue weighted by Gasteiger charge is 2.11. The Kier molecular flexibility index (Phi) is 6.03. The van der Waals surface area contributed by atoms with E-state index in [1.54, 1.807) is 48.5 Å². The van der Waals surface area contributed by atoms with Crippen LogP contribution in [0.25, 0.3) is 11.4 Å². The first kappa shape index (κ1) is 20.5. The molecule has 1 aromatic heterocycles. The van der Waals surface area contributed by atoms with Gasteiger partial charge in [0.05, 0.1) is 5.69 Å². The molecule has 0 bridgehead atoms. The van der Waals surface area contributed by atoms with Gasteiger partial charge in [-0.3, -0.25) is 4.79 Å². The van der Waals surface area contributed by atoms with Crippen molar-refractivity contribution in [3.8, 4) is 28.6 Å². The molecule has 0 aliphatic rings. The van der Waals surface area contributed by atoms with Crippen molar-refractivity contribution in [2.75, 3.05) is 11.9 Å². The summed E-state index contributed by atoms with van der Waals surface area (Å²) in [6.07, 6.45) is 0. The number of para-hydroxylation sites is 2. The van der Waals surface area contributed by atoms with Gasteiger partial charge >= 0.3 is 5.97 Å². The Labute approximate surface area is 181 Å². The number of aromatic amines is 1. The van der Waals surface area contributed by atoms with E-state index in [4.69, 9.17) is 14.6 Å². The highest BCUT2D eigenvalue weighted by molar-refractivity contribution is 6.05. The number of nitrogens with zero attached hydrogens (tertiary/aromatic N) is 3. The van der Waals surface area contributed by atoms with Crippen LogP contribution in [-0.4, -0.2) is 44.2 Å². The number of hydrogen-bond acceptors (Lipinski definition) is 7. The van der Waals surface area contributed by atoms with Gasteiger partial charge in [0.15, 0.2) is 18.2 Å². The number of carboxylic acids is 1. The predicted octanol–water partition coefficient (Wildman–Crippen LogP) is 3.37. The summed E-state index contributed by atoms with van der Waals surface area (Å²) in [5.41, 5.74) is 1.68. The van der Waals surface area contributed by atoms with E-state index >= 15 is 0 Å². The normalized spacial score (nSPS) is 10.4. The number of hydrogen-bond donors (Lipinski definition) is 3. The van der Waals surface area contributed by atoms with Crippen LogP contribution in [0.15, 0.2) is 72.8 Å². The van der Waals surface area contributed by atoms with Crippen molar-refractivity contribution in [1.29, 1.82) is 0 Å². The third-order valence-electron chi connectivity index (χ3n) is 4.31. The number of carboxylic acid groups (broad SMARTS) is 1. The Bertz CT molecular complexity index is 1210. The molecular formula is C22H17N5O5. The predicted molar refractivity (Wildman–Crippen MR) is 114 cm³/mol. The summed E-state index contributed by atoms with van der Waals surface area (Å²) in [5, 5.41) is 25.1. The maximum atomic E-state index is 12.6. The summed E-state index contributed by atoms with van der Waals surface area (Å²) in [4.78, 5) is 23.2. The Balaban J connectivity index is 1.44. The molecule has 0 spiro atoms. The van der Waals surface area contributed by atoms with Crippen molar-refractivity contribution >= 4 is 17.6 Å². The SMILES string of the molecule is O=C(O)COc1ccc(C(=O)Nc2ccccc2Oc2ccc(-c3nnn[nH]3)cc2)cc1. The van der Waals surface area contributed by atoms with Gasteiger partial charge in [-0.05, 0) is 71.1 Å². The average molecular weight is 431 g/mol. The number of H-pyrrole nitrogens is 1. The lowest BCUT2D eigenvalue weighted by molar-refractivity contribution is -0.139. The van der Waals surface area contributed by atoms with Crippen molar-refractivity contribution in [3.63, 3.8) is 0 Å². The number of rotatable bonds is 8. The molecule has 0 atom stereocenters. The van der Waals surface area contributed by atoms with Crippen LogP contribution in [0.2, 0.25) is 0 Å². The molecule has 3 aromatic carbocycles. The molecule has 0 fully saturated rings. The summed E-state index contributed by atoms with van der Waals surface area (Å²) in [6, 6.07) is 20.4. The Hall–Kier alpha value is -4.73. The summed E-state index contributed by atoms with van der Waals surface area (Å²) >= 11 is 0. The molecule has 1 amide bonds. The number of carbonyl (C=O) groups excluding carboxylic acids is 1. The summed E-state index contributed by atoms with van der Waals surface area (Å²) in [5.74, 6) is 0.520. The number of amides is 1. The van der Waals surface area contributed by atoms with Crippen molar-refractivity contribution in [1.82, 2.24) is 20.6 Å². The highest BCUT2D eigenvalue weighted by atomic mass is 16.5. The zero-order valence-corrected chi connectivity index (χ0v) is 16.6. The molecule has 0 aliphatic carbocycles. The van der Waals surface area contributed by atoms with E-state index in [0.717, 1.165) is 5.56 Å². The second-order valence-corrected chi connectivity index (χ2v) is 6.53. The zero-order chi connectivity index (χ0) is 22.3. The van der Waals surface area contributed by atoms with Crippen LogP contribution in [0.5, 0.6) is 17.2 Å². The first-order valence-electron chi connectivity index (χ1n) is 9.45. The van der Waals surface area contributed by atoms with E-state index in [1.165, 1.54) is 12.1 Å². The van der Waals surface area contributed by atoms with Gasteiger partial charge in [-0.1, -0.05) is 12.1 Å². The van der Waals surface area contributed by atoms with Crippen LogP contribution < -0.4 is 14.8 Å². The monoisotopic (exact) mass is 431 g/mol. The van der Waals surface area contributed by atoms with E-state index in [2.05, 4.69) is 25.9 Å². The van der Waals surface area contributed by atoms with Gasteiger partial charge in [0.1, 0.15) is 11.5 Å². The Morgan fingerprint density at radius 1 is 0.938 bits per heavy atom. The molecule has 0 saturated heterocycles. The van der Waals surface area contributed by atoms with Gasteiger partial charge in [0.2, 0.25) is 0 Å². The fraction of sp³-hybridized carbons (Fsp3) is 0.0455. The third-order valence-corrected chi connectivity index (χ3v) is 4.31. The Morgan fingerprint density at radius 3 is 2.34 bits per heavy atom. The van der Waals surface area contributed by atoms with Crippen LogP contribution in [0.3, 0.4) is 0 Å². The molecule has 0 aliphatic heterocycles. The largest absolute Gasteiger partial charge is 0.482 e. The quantitative estimate of drug-likeness (QED) is 0.386. The average Bonchev–Trinajstić information content (AvgIpc) is 3.35. The molecule has 10 heteroatoms. The molecule has 10 nitrogen and oxygen atoms in total. The topological polar surface area (TPSA) is 139 Å². The fourth-order valence-corrected chi connectivity index (χ4v) is 2.79. The summed E-state index contributed by atoms with van der Waals surface area (Å²) in [7, 11) is 0. The van der Waals surface area contributed by atoms with Gasteiger partial charge in [-0.2, -0.15) is 0 Å². The highest BCUT2D eigenvalue weighted by Crippen LogP contribution is 2.30. The number of benzene rings is 3. The van der Waals surface area contributed by atoms with Crippen LogP contribution >= 0.6 is 0 Å². The first-order chi connectivity index (χ1) is 15.6. The van der Waals surface area contributed by atoms with E-state index in [-0.39, 0.29) is 5.91 Å². The van der Waals surface area contributed by atoms with Crippen LogP contribution in [0.4, 0.5) is 5.69 Å². The lowest BCUT2D eigenvalue weighted by atomic mass is 10.2. The zero-order valence-electron chi connectivity index (χ0n) is 16.6. The number of anilines is 1. The number of tetrazole rings is 1. The standard InChI is InChI=1S/C22H17N5O5/c28-20(29)13-31-16-9-7-15(8-10-16)22(30)23-18-3-1-2-4-19(18)32-17-11-5-14(6-12-17)21-24-26-27-25-21/h1-12H,13H2,(H,23,30)(H,28,29)(H,24,25,26,27). The minimum atomic E-state index is -1.08. The van der Waals surface area contributed by atoms with Crippen molar-refractivity contribution in [2.24, 2.45) is 0 Å². The fourth-order valence-electron chi connectivity index (χ4n) is 2.79. The number of nitrogens with one attached hydrogen (secondary N) is 2. The van der Waals surface area contributed by atoms with E-state index in [1.807, 2.05) is 12.1 Å². The van der Waals surface area contributed by atoms with Crippen molar-refractivity contribution < 1.29 is 24.2 Å². The molecular weight excluding hydrogens is 414 g/mol. The third kappa shape index (κ3) is 5.05. The minimum Gasteiger partial charge on any atom is -0.482 e. The van der Waals surface area contributed by atoms with Gasteiger partial charge in [-0.15, -0.1) is 5.10 Å². The van der Waals surface area contributed by atoms with Gasteiger partial charge < -0.3 is 19.9 Å². The first-order valence-corrected chi connectivity index (χ1v) is 9.45. The number of carbonyl (C=O) groups is 2. The summed E-state index contributed by atoms with van der Waals surface area (Å²) in [6.45, 7) is -0.452. The smallest absolute Gasteiger partial charge is 0.341 e. The van der Waals surface area contributed by atoms with E-state index in [0.29, 0.717) is 34.3 Å².